The molecule has 32 heavy (non-hydrogen) atoms. The van der Waals surface area contributed by atoms with Gasteiger partial charge in [0.15, 0.2) is 0 Å². The van der Waals surface area contributed by atoms with Crippen LogP contribution in [0.25, 0.3) is 0 Å². The van der Waals surface area contributed by atoms with Gasteiger partial charge in [-0.2, -0.15) is 0 Å². The van der Waals surface area contributed by atoms with Crippen molar-refractivity contribution in [3.05, 3.63) is 23.8 Å². The van der Waals surface area contributed by atoms with Gasteiger partial charge in [-0.1, -0.05) is 38.3 Å². The van der Waals surface area contributed by atoms with Crippen LogP contribution in [-0.2, 0) is 28.5 Å². The monoisotopic (exact) mass is 451 g/mol. The van der Waals surface area contributed by atoms with E-state index in [4.69, 9.17) is 18.9 Å². The van der Waals surface area contributed by atoms with Gasteiger partial charge in [0.2, 0.25) is 12.2 Å². The van der Waals surface area contributed by atoms with E-state index in [-0.39, 0.29) is 23.5 Å². The summed E-state index contributed by atoms with van der Waals surface area (Å²) in [6.07, 6.45) is 9.93. The van der Waals surface area contributed by atoms with Crippen molar-refractivity contribution in [1.82, 2.24) is 5.32 Å². The molecule has 1 saturated heterocycles. The van der Waals surface area contributed by atoms with Crippen molar-refractivity contribution in [2.45, 2.75) is 96.1 Å². The number of carbonyl (C=O) groups excluding carboxylic acids is 2. The third-order valence-corrected chi connectivity index (χ3v) is 5.99. The molecule has 3 N–H and O–H groups in total. The van der Waals surface area contributed by atoms with E-state index in [2.05, 4.69) is 5.32 Å². The number of allylic oxidation sites excluding steroid dienone is 2. The lowest BCUT2D eigenvalue weighted by Crippen LogP contribution is -2.56. The van der Waals surface area contributed by atoms with Crippen molar-refractivity contribution in [1.29, 1.82) is 0 Å². The van der Waals surface area contributed by atoms with Crippen LogP contribution >= 0.6 is 0 Å². The smallest absolute Gasteiger partial charge is 0.432 e. The summed E-state index contributed by atoms with van der Waals surface area (Å²) < 4.78 is 21.7. The minimum Gasteiger partial charge on any atom is -0.432 e. The molecule has 9 nitrogen and oxygen atoms in total. The van der Waals surface area contributed by atoms with Crippen molar-refractivity contribution in [2.75, 3.05) is 0 Å². The molecule has 2 aliphatic carbocycles. The minimum absolute atomic E-state index is 0.0588. The Morgan fingerprint density at radius 3 is 2.78 bits per heavy atom. The Balaban J connectivity index is 1.50. The van der Waals surface area contributed by atoms with Crippen LogP contribution in [0, 0.1) is 5.92 Å². The zero-order chi connectivity index (χ0) is 23.1. The van der Waals surface area contributed by atoms with Gasteiger partial charge in [0.1, 0.15) is 0 Å². The predicted molar refractivity (Wildman–Crippen MR) is 116 cm³/mol. The van der Waals surface area contributed by atoms with Crippen molar-refractivity contribution in [2.24, 2.45) is 5.92 Å². The number of carbonyl (C=O) groups is 2. The van der Waals surface area contributed by atoms with E-state index < -0.39 is 37.9 Å². The van der Waals surface area contributed by atoms with Crippen LogP contribution in [-0.4, -0.2) is 60.0 Å². The van der Waals surface area contributed by atoms with E-state index in [1.807, 2.05) is 13.0 Å². The summed E-state index contributed by atoms with van der Waals surface area (Å²) in [7, 11) is -1.24. The van der Waals surface area contributed by atoms with Gasteiger partial charge in [0.05, 0.1) is 23.7 Å². The fourth-order valence-corrected chi connectivity index (χ4v) is 4.39. The largest absolute Gasteiger partial charge is 0.478 e. The Hall–Kier alpha value is -1.72. The second kappa shape index (κ2) is 11.9. The van der Waals surface area contributed by atoms with E-state index in [1.54, 1.807) is 12.2 Å². The van der Waals surface area contributed by atoms with Crippen molar-refractivity contribution < 1.29 is 38.6 Å². The molecule has 0 aromatic heterocycles. The van der Waals surface area contributed by atoms with Gasteiger partial charge >= 0.3 is 13.1 Å². The van der Waals surface area contributed by atoms with Gasteiger partial charge in [-0.25, -0.2) is 4.79 Å². The molecule has 178 valence electrons. The maximum absolute atomic E-state index is 12.7. The third-order valence-electron chi connectivity index (χ3n) is 5.99. The molecule has 3 rings (SSSR count). The van der Waals surface area contributed by atoms with Crippen molar-refractivity contribution in [3.8, 4) is 0 Å². The summed E-state index contributed by atoms with van der Waals surface area (Å²) >= 11 is 0. The molecule has 0 aromatic rings. The highest BCUT2D eigenvalue weighted by atomic mass is 16.8. The van der Waals surface area contributed by atoms with Crippen molar-refractivity contribution >= 4 is 19.0 Å². The summed E-state index contributed by atoms with van der Waals surface area (Å²) in [4.78, 5) is 24.6. The molecular formula is C22H34BNO8. The molecule has 0 radical (unpaired) electrons. The highest BCUT2D eigenvalue weighted by Crippen LogP contribution is 2.32. The highest BCUT2D eigenvalue weighted by Gasteiger charge is 2.44. The van der Waals surface area contributed by atoms with E-state index in [9.17, 15) is 19.7 Å². The Labute approximate surface area is 189 Å². The summed E-state index contributed by atoms with van der Waals surface area (Å²) in [6.45, 7) is 1.92. The number of ether oxygens (including phenoxy) is 3. The lowest BCUT2D eigenvalue weighted by Gasteiger charge is -2.38. The van der Waals surface area contributed by atoms with Crippen molar-refractivity contribution in [3.63, 3.8) is 0 Å². The number of aliphatic hydroxyl groups is 1. The number of rotatable bonds is 9. The Kier molecular flexibility index (Phi) is 9.30. The Morgan fingerprint density at radius 2 is 2.06 bits per heavy atom. The number of hydrogen-bond acceptors (Lipinski definition) is 8. The van der Waals surface area contributed by atoms with E-state index in [0.29, 0.717) is 19.3 Å². The molecule has 0 aromatic carbocycles. The summed E-state index contributed by atoms with van der Waals surface area (Å²) in [5.74, 6) is -1.56. The number of fused-ring (bicyclic) bond motifs is 1. The average Bonchev–Trinajstić information content (AvgIpc) is 2.74. The first kappa shape index (κ1) is 24.9. The summed E-state index contributed by atoms with van der Waals surface area (Å²) in [5, 5.41) is 23.2. The number of esters is 1. The van der Waals surface area contributed by atoms with Crippen LogP contribution in [0.3, 0.4) is 0 Å². The first-order valence-corrected chi connectivity index (χ1v) is 11.6. The molecule has 0 spiro atoms. The Bertz CT molecular complexity index is 708. The van der Waals surface area contributed by atoms with Gasteiger partial charge in [0.25, 0.3) is 6.48 Å². The molecular weight excluding hydrogens is 417 g/mol. The molecule has 1 saturated carbocycles. The van der Waals surface area contributed by atoms with E-state index in [0.717, 1.165) is 25.7 Å². The predicted octanol–water partition coefficient (Wildman–Crippen LogP) is 1.72. The van der Waals surface area contributed by atoms with E-state index in [1.165, 1.54) is 13.3 Å². The topological polar surface area (TPSA) is 124 Å². The molecule has 1 heterocycles. The third kappa shape index (κ3) is 6.89. The molecule has 0 bridgehead atoms. The molecule has 4 unspecified atom stereocenters. The van der Waals surface area contributed by atoms with Crippen LogP contribution in [0.5, 0.6) is 0 Å². The quantitative estimate of drug-likeness (QED) is 0.275. The lowest BCUT2D eigenvalue weighted by molar-refractivity contribution is -0.328. The molecule has 1 amide bonds. The average molecular weight is 451 g/mol. The first-order chi connectivity index (χ1) is 15.4. The molecule has 10 heteroatoms. The number of nitrogens with one attached hydrogen (secondary N) is 1. The Morgan fingerprint density at radius 1 is 1.31 bits per heavy atom. The molecule has 3 aliphatic rings. The first-order valence-electron chi connectivity index (χ1n) is 11.6. The lowest BCUT2D eigenvalue weighted by atomic mass is 9.67. The zero-order valence-corrected chi connectivity index (χ0v) is 18.8. The SMILES string of the molecule is CCCC(=O)N[C@H]1CC2C=CC=C(C(=O)OC(C)OC(O)OC3CCCCC3)C2OB1O. The van der Waals surface area contributed by atoms with Crippen LogP contribution in [0.4, 0.5) is 0 Å². The summed E-state index contributed by atoms with van der Waals surface area (Å²) in [6, 6.07) is 0. The maximum Gasteiger partial charge on any atom is 0.478 e. The second-order valence-electron chi connectivity index (χ2n) is 8.59. The van der Waals surface area contributed by atoms with Gasteiger partial charge < -0.3 is 29.6 Å². The second-order valence-corrected chi connectivity index (χ2v) is 8.59. The summed E-state index contributed by atoms with van der Waals surface area (Å²) in [5.41, 5.74) is 0.244. The zero-order valence-electron chi connectivity index (χ0n) is 18.8. The molecule has 1 aliphatic heterocycles. The normalized spacial score (nSPS) is 27.8. The number of hydrogen-bond donors (Lipinski definition) is 3. The molecule has 2 fully saturated rings. The fraction of sp³-hybridized carbons (Fsp3) is 0.727. The van der Waals surface area contributed by atoms with Crippen LogP contribution < -0.4 is 5.32 Å². The maximum atomic E-state index is 12.7. The number of aliphatic hydroxyl groups excluding tert-OH is 1. The fourth-order valence-electron chi connectivity index (χ4n) is 4.39. The van der Waals surface area contributed by atoms with Gasteiger partial charge in [0, 0.05) is 12.3 Å². The van der Waals surface area contributed by atoms with Crippen LogP contribution in [0.15, 0.2) is 23.8 Å². The highest BCUT2D eigenvalue weighted by molar-refractivity contribution is 6.45. The van der Waals surface area contributed by atoms with Gasteiger partial charge in [-0.15, -0.1) is 0 Å². The minimum atomic E-state index is -1.48. The van der Waals surface area contributed by atoms with Gasteiger partial charge in [-0.3, -0.25) is 9.53 Å². The van der Waals surface area contributed by atoms with Gasteiger partial charge in [-0.05, 0) is 38.7 Å². The van der Waals surface area contributed by atoms with Crippen LogP contribution in [0.1, 0.15) is 65.2 Å². The number of amides is 1. The standard InChI is InChI=1S/C22H34BNO8/c1-3-8-19(25)24-18-13-15-9-7-12-17(20(15)32-23(18)28)21(26)29-14(2)30-22(27)31-16-10-5-4-6-11-16/h7,9,12,14-16,18,20,22,27-28H,3-6,8,10-11,13H2,1-2H3,(H,24,25)/t14?,15?,18-,20?,22?/m0/s1. The van der Waals surface area contributed by atoms with Crippen LogP contribution in [0.2, 0.25) is 0 Å². The van der Waals surface area contributed by atoms with E-state index >= 15 is 0 Å². The molecule has 5 atom stereocenters.